The maximum absolute atomic E-state index is 12.5. The smallest absolute Gasteiger partial charge is 0.349 e. The second kappa shape index (κ2) is 10.7. The Morgan fingerprint density at radius 1 is 1.39 bits per heavy atom. The summed E-state index contributed by atoms with van der Waals surface area (Å²) in [6.45, 7) is 7.41. The van der Waals surface area contributed by atoms with Gasteiger partial charge in [-0.25, -0.2) is 20.6 Å². The summed E-state index contributed by atoms with van der Waals surface area (Å²) in [5.74, 6) is 0.0787. The molecule has 182 valence electrons. The first kappa shape index (κ1) is 25.2. The highest BCUT2D eigenvalue weighted by Crippen LogP contribution is 2.44. The van der Waals surface area contributed by atoms with Gasteiger partial charge in [-0.15, -0.1) is 0 Å². The lowest BCUT2D eigenvalue weighted by Crippen LogP contribution is -2.83. The molecule has 0 fully saturated rings. The molecule has 0 saturated carbocycles. The lowest BCUT2D eigenvalue weighted by atomic mass is 9.95. The van der Waals surface area contributed by atoms with Crippen molar-refractivity contribution in [3.05, 3.63) is 22.7 Å². The molecule has 1 aliphatic rings. The van der Waals surface area contributed by atoms with E-state index in [4.69, 9.17) is 9.47 Å². The topological polar surface area (TPSA) is 135 Å². The normalized spacial score (nSPS) is 15.8. The molecule has 4 N–H and O–H groups in total. The van der Waals surface area contributed by atoms with Crippen LogP contribution in [0.4, 0.5) is 16.5 Å². The van der Waals surface area contributed by atoms with E-state index in [-0.39, 0.29) is 16.6 Å². The molecule has 0 aliphatic carbocycles. The number of benzene rings is 1. The number of nitrogens with zero attached hydrogens (tertiary/aromatic N) is 2. The zero-order chi connectivity index (χ0) is 24.2. The number of esters is 1. The molecule has 0 spiro atoms. The first-order valence-electron chi connectivity index (χ1n) is 10.9. The van der Waals surface area contributed by atoms with Crippen LogP contribution in [0.15, 0.2) is 17.2 Å². The third kappa shape index (κ3) is 5.57. The summed E-state index contributed by atoms with van der Waals surface area (Å²) in [5.41, 5.74) is 5.96. The molecule has 2 heterocycles. The number of nitrogens with two attached hydrogens (primary N) is 1. The van der Waals surface area contributed by atoms with Gasteiger partial charge >= 0.3 is 16.1 Å². The number of aromatic nitrogens is 1. The molecule has 0 saturated heterocycles. The zero-order valence-electron chi connectivity index (χ0n) is 19.3. The fraction of sp³-hybridized carbons (Fsp3) is 0.524. The van der Waals surface area contributed by atoms with Crippen molar-refractivity contribution in [2.24, 2.45) is 0 Å². The molecule has 10 nitrogen and oxygen atoms in total. The quantitative estimate of drug-likeness (QED) is 0.148. The number of nitrogens with one attached hydrogen (secondary N) is 1. The predicted molar refractivity (Wildman–Crippen MR) is 126 cm³/mol. The SMILES string of the molecule is CCCOc1cc([NH2+]Nc2ncc(C(=O)OC)s2)c(S(=O)(=O)O)c2c1N(CCC)C(C)CC2. The molecule has 1 aliphatic heterocycles. The number of rotatable bonds is 10. The van der Waals surface area contributed by atoms with Crippen LogP contribution in [0.1, 0.15) is 55.3 Å². The average molecular weight is 500 g/mol. The highest BCUT2D eigenvalue weighted by molar-refractivity contribution is 7.86. The predicted octanol–water partition coefficient (Wildman–Crippen LogP) is 2.74. The molecule has 33 heavy (non-hydrogen) atoms. The van der Waals surface area contributed by atoms with E-state index in [9.17, 15) is 17.8 Å². The van der Waals surface area contributed by atoms with Gasteiger partial charge in [0.25, 0.3) is 0 Å². The van der Waals surface area contributed by atoms with Crippen molar-refractivity contribution in [3.63, 3.8) is 0 Å². The van der Waals surface area contributed by atoms with Gasteiger partial charge in [-0.1, -0.05) is 25.2 Å². The maximum atomic E-state index is 12.5. The molecular formula is C21H31N4O6S2+. The number of methoxy groups -OCH3 is 1. The second-order valence-corrected chi connectivity index (χ2v) is 10.2. The lowest BCUT2D eigenvalue weighted by Gasteiger charge is -2.38. The van der Waals surface area contributed by atoms with E-state index in [2.05, 4.69) is 29.2 Å². The summed E-state index contributed by atoms with van der Waals surface area (Å²) in [6.07, 6.45) is 4.32. The maximum Gasteiger partial charge on any atom is 0.349 e. The van der Waals surface area contributed by atoms with Gasteiger partial charge in [0, 0.05) is 24.2 Å². The standard InChI is InChI=1S/C21H30N4O6S2/c1-5-9-25-13(3)7-8-14-18(25)16(31-10-6-2)11-15(19(14)33(27,28)29)23-24-21-22-12-17(32-21)20(26)30-4/h11-13,23H,5-10H2,1-4H3,(H,22,24)(H,27,28,29)/p+1. The van der Waals surface area contributed by atoms with Crippen molar-refractivity contribution in [3.8, 4) is 5.75 Å². The van der Waals surface area contributed by atoms with E-state index in [0.29, 0.717) is 34.3 Å². The van der Waals surface area contributed by atoms with Gasteiger partial charge in [0.15, 0.2) is 10.6 Å². The lowest BCUT2D eigenvalue weighted by molar-refractivity contribution is -0.541. The summed E-state index contributed by atoms with van der Waals surface area (Å²) in [5, 5.41) is 0.381. The Bertz CT molecular complexity index is 1100. The van der Waals surface area contributed by atoms with E-state index < -0.39 is 16.1 Å². The van der Waals surface area contributed by atoms with Crippen molar-refractivity contribution < 1.29 is 32.7 Å². The number of fused-ring (bicyclic) bond motifs is 1. The van der Waals surface area contributed by atoms with Crippen LogP contribution in [-0.4, -0.2) is 50.2 Å². The minimum atomic E-state index is -4.53. The summed E-state index contributed by atoms with van der Waals surface area (Å²) >= 11 is 1.07. The number of carbonyl (C=O) groups excluding carboxylic acids is 1. The number of ether oxygens (including phenoxy) is 2. The van der Waals surface area contributed by atoms with E-state index >= 15 is 0 Å². The van der Waals surface area contributed by atoms with E-state index in [0.717, 1.165) is 42.8 Å². The van der Waals surface area contributed by atoms with Crippen molar-refractivity contribution in [2.45, 2.75) is 57.4 Å². The van der Waals surface area contributed by atoms with Crippen molar-refractivity contribution in [1.29, 1.82) is 0 Å². The Balaban J connectivity index is 2.07. The fourth-order valence-corrected chi connectivity index (χ4v) is 5.59. The van der Waals surface area contributed by atoms with Gasteiger partial charge in [0.1, 0.15) is 10.6 Å². The minimum Gasteiger partial charge on any atom is -0.491 e. The molecule has 1 unspecified atom stereocenters. The Morgan fingerprint density at radius 2 is 2.15 bits per heavy atom. The summed E-state index contributed by atoms with van der Waals surface area (Å²) in [7, 11) is -3.24. The van der Waals surface area contributed by atoms with Crippen LogP contribution in [0.25, 0.3) is 0 Å². The first-order chi connectivity index (χ1) is 15.7. The number of hydrogen-bond acceptors (Lipinski definition) is 9. The third-order valence-electron chi connectivity index (χ3n) is 5.40. The van der Waals surface area contributed by atoms with Gasteiger partial charge in [-0.05, 0) is 32.6 Å². The highest BCUT2D eigenvalue weighted by Gasteiger charge is 2.35. The average Bonchev–Trinajstić information content (AvgIpc) is 3.25. The van der Waals surface area contributed by atoms with Crippen LogP contribution in [0.5, 0.6) is 5.75 Å². The van der Waals surface area contributed by atoms with E-state index in [1.54, 1.807) is 6.07 Å². The third-order valence-corrected chi connectivity index (χ3v) is 7.31. The zero-order valence-corrected chi connectivity index (χ0v) is 20.9. The van der Waals surface area contributed by atoms with E-state index in [1.165, 1.54) is 18.7 Å². The number of quaternary nitrogens is 1. The molecule has 1 aromatic heterocycles. The second-order valence-electron chi connectivity index (χ2n) is 7.83. The molecular weight excluding hydrogens is 468 g/mol. The first-order valence-corrected chi connectivity index (χ1v) is 13.2. The highest BCUT2D eigenvalue weighted by atomic mass is 32.2. The fourth-order valence-electron chi connectivity index (χ4n) is 3.96. The van der Waals surface area contributed by atoms with Gasteiger partial charge in [-0.2, -0.15) is 8.42 Å². The largest absolute Gasteiger partial charge is 0.491 e. The van der Waals surface area contributed by atoms with Crippen LogP contribution in [0, 0.1) is 0 Å². The van der Waals surface area contributed by atoms with Crippen molar-refractivity contribution in [2.75, 3.05) is 30.6 Å². The molecule has 0 bridgehead atoms. The van der Waals surface area contributed by atoms with Crippen LogP contribution in [0.2, 0.25) is 0 Å². The number of thiazole rings is 1. The number of hydrogen-bond donors (Lipinski definition) is 3. The minimum absolute atomic E-state index is 0.133. The molecule has 12 heteroatoms. The summed E-state index contributed by atoms with van der Waals surface area (Å²) in [4.78, 5) is 18.1. The number of carbonyl (C=O) groups is 1. The van der Waals surface area contributed by atoms with Gasteiger partial charge < -0.3 is 14.4 Å². The van der Waals surface area contributed by atoms with Crippen LogP contribution >= 0.6 is 11.3 Å². The molecule has 0 radical (unpaired) electrons. The van der Waals surface area contributed by atoms with E-state index in [1.807, 2.05) is 6.92 Å². The Hall–Kier alpha value is -2.41. The van der Waals surface area contributed by atoms with Gasteiger partial charge in [-0.3, -0.25) is 4.55 Å². The van der Waals surface area contributed by atoms with Crippen molar-refractivity contribution in [1.82, 2.24) is 4.98 Å². The molecule has 1 atom stereocenters. The van der Waals surface area contributed by atoms with Crippen molar-refractivity contribution >= 4 is 43.9 Å². The number of nitrogen functional groups attached to an aromatic ring is 1. The summed E-state index contributed by atoms with van der Waals surface area (Å²) < 4.78 is 45.9. The monoisotopic (exact) mass is 499 g/mol. The number of anilines is 2. The van der Waals surface area contributed by atoms with Gasteiger partial charge in [0.05, 0.1) is 25.6 Å². The van der Waals surface area contributed by atoms with Crippen LogP contribution in [0.3, 0.4) is 0 Å². The van der Waals surface area contributed by atoms with Crippen LogP contribution < -0.4 is 20.5 Å². The summed E-state index contributed by atoms with van der Waals surface area (Å²) in [6, 6.07) is 1.86. The van der Waals surface area contributed by atoms with Crippen LogP contribution in [-0.2, 0) is 21.3 Å². The molecule has 3 rings (SSSR count). The Morgan fingerprint density at radius 3 is 2.79 bits per heavy atom. The molecule has 2 aromatic rings. The molecule has 0 amide bonds. The molecule has 1 aromatic carbocycles. The Labute approximate surface area is 198 Å². The Kier molecular flexibility index (Phi) is 8.16. The van der Waals surface area contributed by atoms with Gasteiger partial charge in [0.2, 0.25) is 5.13 Å².